The fourth-order valence-electron chi connectivity index (χ4n) is 5.18. The third kappa shape index (κ3) is 4.79. The molecule has 2 aliphatic carbocycles. The molecule has 5 rings (SSSR count). The van der Waals surface area contributed by atoms with Gasteiger partial charge < -0.3 is 4.74 Å². The standard InChI is InChI=1S/C25H30F2N2O3S/c26-19-5-1-4-17(12-19)13-22-21-16-25(32-11-8-28-33(30,31)20-6-2-7-20)23(27)14-18(21)15-24(22)29-9-3-10-29/h1,4-5,12,14,16,20,22,24,28H,2-3,6-11,13,15H2. The second-order valence-corrected chi connectivity index (χ2v) is 11.5. The van der Waals surface area contributed by atoms with Gasteiger partial charge in [-0.3, -0.25) is 4.90 Å². The van der Waals surface area contributed by atoms with Crippen LogP contribution in [0.25, 0.3) is 0 Å². The van der Waals surface area contributed by atoms with Crippen LogP contribution in [0.2, 0.25) is 0 Å². The molecule has 1 heterocycles. The number of halogens is 2. The number of fused-ring (bicyclic) bond motifs is 1. The molecule has 1 N–H and O–H groups in total. The molecule has 1 saturated carbocycles. The van der Waals surface area contributed by atoms with Crippen LogP contribution in [0, 0.1) is 11.6 Å². The number of hydrogen-bond acceptors (Lipinski definition) is 4. The lowest BCUT2D eigenvalue weighted by Gasteiger charge is -2.39. The van der Waals surface area contributed by atoms with Crippen molar-refractivity contribution in [1.82, 2.24) is 9.62 Å². The Bertz CT molecular complexity index is 1120. The number of benzene rings is 2. The Morgan fingerprint density at radius 2 is 1.91 bits per heavy atom. The Morgan fingerprint density at radius 1 is 1.09 bits per heavy atom. The summed E-state index contributed by atoms with van der Waals surface area (Å²) in [6, 6.07) is 10.3. The molecule has 2 unspecified atom stereocenters. The van der Waals surface area contributed by atoms with Crippen LogP contribution in [-0.2, 0) is 22.9 Å². The molecule has 2 aromatic rings. The second kappa shape index (κ2) is 9.31. The van der Waals surface area contributed by atoms with E-state index in [1.807, 2.05) is 6.07 Å². The SMILES string of the molecule is O=S(=O)(NCCOc1cc2c(cc1F)CC(N1CCC1)C2Cc1cccc(F)c1)C1CCC1. The van der Waals surface area contributed by atoms with E-state index in [2.05, 4.69) is 9.62 Å². The number of likely N-dealkylation sites (tertiary alicyclic amines) is 1. The van der Waals surface area contributed by atoms with Gasteiger partial charge in [0.05, 0.1) is 5.25 Å². The molecule has 1 aliphatic heterocycles. The maximum absolute atomic E-state index is 14.8. The summed E-state index contributed by atoms with van der Waals surface area (Å²) in [5, 5.41) is -0.309. The first kappa shape index (κ1) is 22.7. The van der Waals surface area contributed by atoms with E-state index in [1.165, 1.54) is 12.5 Å². The Hall–Kier alpha value is -2.03. The van der Waals surface area contributed by atoms with Crippen molar-refractivity contribution in [3.05, 3.63) is 64.7 Å². The minimum Gasteiger partial charge on any atom is -0.489 e. The van der Waals surface area contributed by atoms with Gasteiger partial charge in [0.1, 0.15) is 12.4 Å². The van der Waals surface area contributed by atoms with Crippen molar-refractivity contribution in [3.63, 3.8) is 0 Å². The summed E-state index contributed by atoms with van der Waals surface area (Å²) in [7, 11) is -3.32. The van der Waals surface area contributed by atoms with E-state index in [4.69, 9.17) is 4.74 Å². The summed E-state index contributed by atoms with van der Waals surface area (Å²) in [6.45, 7) is 2.24. The lowest BCUT2D eigenvalue weighted by Crippen LogP contribution is -2.47. The lowest BCUT2D eigenvalue weighted by atomic mass is 9.89. The van der Waals surface area contributed by atoms with Crippen LogP contribution in [-0.4, -0.2) is 50.9 Å². The van der Waals surface area contributed by atoms with E-state index in [0.717, 1.165) is 42.6 Å². The number of nitrogens with zero attached hydrogens (tertiary/aromatic N) is 1. The van der Waals surface area contributed by atoms with Gasteiger partial charge in [0.2, 0.25) is 10.0 Å². The third-order valence-corrected chi connectivity index (χ3v) is 9.30. The van der Waals surface area contributed by atoms with Crippen molar-refractivity contribution < 1.29 is 21.9 Å². The molecule has 0 aromatic heterocycles. The average molecular weight is 477 g/mol. The van der Waals surface area contributed by atoms with Crippen molar-refractivity contribution in [2.75, 3.05) is 26.2 Å². The van der Waals surface area contributed by atoms with Crippen LogP contribution in [0.1, 0.15) is 48.3 Å². The first-order valence-electron chi connectivity index (χ1n) is 11.8. The third-order valence-electron chi connectivity index (χ3n) is 7.34. The Morgan fingerprint density at radius 3 is 2.58 bits per heavy atom. The normalized spacial score (nSPS) is 23.1. The number of rotatable bonds is 9. The topological polar surface area (TPSA) is 58.6 Å². The van der Waals surface area contributed by atoms with Crippen LogP contribution >= 0.6 is 0 Å². The van der Waals surface area contributed by atoms with Gasteiger partial charge in [0.15, 0.2) is 11.6 Å². The van der Waals surface area contributed by atoms with Crippen molar-refractivity contribution in [2.24, 2.45) is 0 Å². The molecule has 5 nitrogen and oxygen atoms in total. The number of nitrogens with one attached hydrogen (secondary N) is 1. The maximum Gasteiger partial charge on any atom is 0.214 e. The highest BCUT2D eigenvalue weighted by molar-refractivity contribution is 7.90. The Labute approximate surface area is 194 Å². The van der Waals surface area contributed by atoms with Crippen molar-refractivity contribution in [1.29, 1.82) is 0 Å². The fourth-order valence-corrected chi connectivity index (χ4v) is 6.74. The fraction of sp³-hybridized carbons (Fsp3) is 0.520. The summed E-state index contributed by atoms with van der Waals surface area (Å²) < 4.78 is 61.1. The largest absolute Gasteiger partial charge is 0.489 e. The summed E-state index contributed by atoms with van der Waals surface area (Å²) in [5.41, 5.74) is 2.95. The molecule has 0 amide bonds. The van der Waals surface area contributed by atoms with Crippen LogP contribution < -0.4 is 9.46 Å². The average Bonchev–Trinajstić information content (AvgIpc) is 2.99. The molecule has 0 bridgehead atoms. The van der Waals surface area contributed by atoms with Gasteiger partial charge in [0.25, 0.3) is 0 Å². The van der Waals surface area contributed by atoms with Crippen LogP contribution in [0.3, 0.4) is 0 Å². The number of sulfonamides is 1. The molecule has 3 aliphatic rings. The molecular formula is C25H30F2N2O3S. The van der Waals surface area contributed by atoms with Crippen LogP contribution in [0.15, 0.2) is 36.4 Å². The summed E-state index contributed by atoms with van der Waals surface area (Å²) in [5.74, 6) is -0.407. The van der Waals surface area contributed by atoms with E-state index in [9.17, 15) is 17.2 Å². The molecule has 0 spiro atoms. The molecule has 2 aromatic carbocycles. The zero-order chi connectivity index (χ0) is 23.0. The minimum absolute atomic E-state index is 0.0613. The zero-order valence-electron chi connectivity index (χ0n) is 18.6. The van der Waals surface area contributed by atoms with E-state index < -0.39 is 15.8 Å². The Balaban J connectivity index is 1.30. The molecule has 0 radical (unpaired) electrons. The van der Waals surface area contributed by atoms with E-state index in [0.29, 0.717) is 19.3 Å². The molecular weight excluding hydrogens is 446 g/mol. The van der Waals surface area contributed by atoms with Crippen molar-refractivity contribution in [2.45, 2.75) is 55.7 Å². The summed E-state index contributed by atoms with van der Waals surface area (Å²) in [4.78, 5) is 2.43. The minimum atomic E-state index is -3.32. The monoisotopic (exact) mass is 476 g/mol. The van der Waals surface area contributed by atoms with E-state index >= 15 is 0 Å². The first-order valence-corrected chi connectivity index (χ1v) is 13.4. The molecule has 178 valence electrons. The van der Waals surface area contributed by atoms with Crippen molar-refractivity contribution in [3.8, 4) is 5.75 Å². The van der Waals surface area contributed by atoms with Gasteiger partial charge >= 0.3 is 0 Å². The summed E-state index contributed by atoms with van der Waals surface area (Å²) in [6.07, 6.45) is 4.95. The second-order valence-electron chi connectivity index (χ2n) is 9.42. The molecule has 1 saturated heterocycles. The van der Waals surface area contributed by atoms with Crippen LogP contribution in [0.5, 0.6) is 5.75 Å². The van der Waals surface area contributed by atoms with E-state index in [1.54, 1.807) is 24.3 Å². The summed E-state index contributed by atoms with van der Waals surface area (Å²) >= 11 is 0. The molecule has 8 heteroatoms. The van der Waals surface area contributed by atoms with Gasteiger partial charge in [-0.2, -0.15) is 0 Å². The number of hydrogen-bond donors (Lipinski definition) is 1. The van der Waals surface area contributed by atoms with Gasteiger partial charge in [-0.1, -0.05) is 18.6 Å². The Kier molecular flexibility index (Phi) is 6.42. The van der Waals surface area contributed by atoms with Crippen LogP contribution in [0.4, 0.5) is 8.78 Å². The van der Waals surface area contributed by atoms with E-state index in [-0.39, 0.29) is 41.9 Å². The highest BCUT2D eigenvalue weighted by atomic mass is 32.2. The zero-order valence-corrected chi connectivity index (χ0v) is 19.4. The van der Waals surface area contributed by atoms with Gasteiger partial charge in [0, 0.05) is 18.5 Å². The van der Waals surface area contributed by atoms with Crippen molar-refractivity contribution >= 4 is 10.0 Å². The van der Waals surface area contributed by atoms with Gasteiger partial charge in [-0.05, 0) is 86.1 Å². The molecule has 33 heavy (non-hydrogen) atoms. The predicted octanol–water partition coefficient (Wildman–Crippen LogP) is 3.77. The quantitative estimate of drug-likeness (QED) is 0.560. The molecule has 2 fully saturated rings. The maximum atomic E-state index is 14.8. The van der Waals surface area contributed by atoms with Gasteiger partial charge in [-0.15, -0.1) is 0 Å². The smallest absolute Gasteiger partial charge is 0.214 e. The molecule has 2 atom stereocenters. The first-order chi connectivity index (χ1) is 15.9. The predicted molar refractivity (Wildman–Crippen MR) is 123 cm³/mol. The number of ether oxygens (including phenoxy) is 1. The highest BCUT2D eigenvalue weighted by Gasteiger charge is 2.39. The lowest BCUT2D eigenvalue weighted by molar-refractivity contribution is 0.106. The van der Waals surface area contributed by atoms with Gasteiger partial charge in [-0.25, -0.2) is 21.9 Å². The highest BCUT2D eigenvalue weighted by Crippen LogP contribution is 2.42.